The number of hydrogen-bond donors (Lipinski definition) is 10. The Balaban J connectivity index is 1.47. The van der Waals surface area contributed by atoms with Crippen molar-refractivity contribution in [2.24, 2.45) is 0 Å². The molecule has 0 aliphatic carbocycles. The Labute approximate surface area is 791 Å². The molecule has 51 heteroatoms. The van der Waals surface area contributed by atoms with Crippen LogP contribution in [0.5, 0.6) is 5.75 Å². The summed E-state index contributed by atoms with van der Waals surface area (Å²) in [4.78, 5) is 253. The molecule has 138 heavy (non-hydrogen) atoms. The van der Waals surface area contributed by atoms with Crippen molar-refractivity contribution in [1.29, 1.82) is 0 Å². The van der Waals surface area contributed by atoms with E-state index in [1.54, 1.807) is 0 Å². The lowest BCUT2D eigenvalue weighted by Crippen LogP contribution is -2.66. The smallest absolute Gasteiger partial charge is 0.311 e. The molecule has 0 saturated carbocycles. The fraction of sp³-hybridized carbons (Fsp3) is 0.701. The predicted molar refractivity (Wildman–Crippen MR) is 458 cm³/mol. The molecule has 3 fully saturated rings. The second-order valence-electron chi connectivity index (χ2n) is 32.4. The largest absolute Gasteiger partial charge is 0.463 e. The number of unbranched alkanes of at least 4 members (excludes halogenated alkanes) is 3. The lowest BCUT2D eigenvalue weighted by Gasteiger charge is -2.44. The number of carbonyl (C=O) groups excluding carboxylic acids is 20. The summed E-state index contributed by atoms with van der Waals surface area (Å²) in [6, 6.07) is -3.71. The number of esters is 10. The molecule has 0 bridgehead atoms. The van der Waals surface area contributed by atoms with Crippen LogP contribution in [-0.2, 0) is 167 Å². The second-order valence-corrected chi connectivity index (χ2v) is 32.4. The van der Waals surface area contributed by atoms with Gasteiger partial charge in [0.15, 0.2) is 55.5 Å². The zero-order chi connectivity index (χ0) is 103. The number of nitrogens with one attached hydrogen (secondary N) is 10. The Morgan fingerprint density at radius 1 is 0.283 bits per heavy atom. The van der Waals surface area contributed by atoms with Gasteiger partial charge in [-0.3, -0.25) is 95.9 Å². The van der Waals surface area contributed by atoms with Crippen LogP contribution in [0.2, 0.25) is 0 Å². The summed E-state index contributed by atoms with van der Waals surface area (Å²) < 4.78 is 159. The molecule has 0 radical (unpaired) electrons. The maximum Gasteiger partial charge on any atom is 0.311 e. The molecule has 46 nitrogen and oxygen atoms in total. The first-order valence-corrected chi connectivity index (χ1v) is 44.9. The Bertz CT molecular complexity index is 3960. The fourth-order valence-electron chi connectivity index (χ4n) is 14.4. The van der Waals surface area contributed by atoms with Crippen LogP contribution in [0.4, 0.5) is 22.0 Å². The summed E-state index contributed by atoms with van der Waals surface area (Å²) in [6.45, 7) is 11.6. The molecular formula is C87H127F5N10O36. The quantitative estimate of drug-likeness (QED) is 0.00829. The molecule has 1 aromatic carbocycles. The van der Waals surface area contributed by atoms with E-state index >= 15 is 0 Å². The predicted octanol–water partition coefficient (Wildman–Crippen LogP) is 1.05. The van der Waals surface area contributed by atoms with Crippen LogP contribution in [0.1, 0.15) is 218 Å². The van der Waals surface area contributed by atoms with Crippen LogP contribution in [0.3, 0.4) is 0 Å². The molecule has 10 amide bonds. The zero-order valence-electron chi connectivity index (χ0n) is 79.1. The van der Waals surface area contributed by atoms with E-state index in [9.17, 15) is 118 Å². The van der Waals surface area contributed by atoms with Crippen LogP contribution in [-0.4, -0.2) is 295 Å². The normalized spacial score (nSPS) is 21.3. The van der Waals surface area contributed by atoms with Gasteiger partial charge in [0.25, 0.3) is 0 Å². The Morgan fingerprint density at radius 3 is 0.783 bits per heavy atom. The third kappa shape index (κ3) is 45.1. The van der Waals surface area contributed by atoms with Gasteiger partial charge in [-0.05, 0) is 83.5 Å². The van der Waals surface area contributed by atoms with Crippen molar-refractivity contribution in [2.75, 3.05) is 78.9 Å². The number of benzene rings is 1. The first kappa shape index (κ1) is 118. The van der Waals surface area contributed by atoms with Gasteiger partial charge in [0.2, 0.25) is 93.9 Å². The molecule has 1 aromatic rings. The number of carbonyl (C=O) groups is 20. The molecule has 3 heterocycles. The van der Waals surface area contributed by atoms with E-state index < -0.39 is 309 Å². The fourth-order valence-corrected chi connectivity index (χ4v) is 14.4. The minimum absolute atomic E-state index is 0.0361. The van der Waals surface area contributed by atoms with Crippen LogP contribution < -0.4 is 57.9 Å². The number of halogens is 5. The standard InChI is InChI=1S/C87H127F5N10O36/c1-46(103)99-74-81(132-55(10)112)77(129-52(7)109)58(43-126-49(4)106)135-84(74)123-40-16-13-23-61(115)93-34-20-37-96-64(118)28-31-87(102-67(121)26-19-27-68(122)138-80-72(91)70(89)69(88)71(90)73(80)92,32-29-65(119)97-38-21-35-94-62(116)24-14-17-41-124-85-75(100-47(2)104)82(133-56(11)113)78(130-53(8)110)59(136-85)44-127-50(5)107)33-30-66(120)98-39-22-36-95-63(117)25-15-18-42-125-86-76(101-48(3)105)83(134-57(12)114)79(131-54(9)111)60(137-86)45-128-51(6)108/h58-60,74-79,81-86H,13-45H2,1-12H3,(H,93,115)(H,94,116)(H,95,117)(H,96,118)(H,97,119)(H,98,120)(H,99,103)(H,100,104)(H,101,105)(H,102,121). The van der Waals surface area contributed by atoms with Crippen molar-refractivity contribution in [3.8, 4) is 5.75 Å². The second kappa shape index (κ2) is 62.1. The number of ether oxygens (including phenoxy) is 16. The topological polar surface area (TPSA) is 609 Å². The first-order valence-electron chi connectivity index (χ1n) is 44.9. The number of rotatable bonds is 60. The molecule has 15 atom stereocenters. The lowest BCUT2D eigenvalue weighted by atomic mass is 9.82. The van der Waals surface area contributed by atoms with Crippen LogP contribution >= 0.6 is 0 Å². The van der Waals surface area contributed by atoms with E-state index in [1.807, 2.05) is 0 Å². The van der Waals surface area contributed by atoms with Crippen molar-refractivity contribution >= 4 is 119 Å². The van der Waals surface area contributed by atoms with Crippen molar-refractivity contribution < 1.29 is 194 Å². The van der Waals surface area contributed by atoms with Gasteiger partial charge in [0.1, 0.15) is 56.3 Å². The molecule has 3 aliphatic rings. The van der Waals surface area contributed by atoms with Crippen LogP contribution in [0, 0.1) is 29.1 Å². The van der Waals surface area contributed by atoms with Gasteiger partial charge in [-0.15, -0.1) is 0 Å². The lowest BCUT2D eigenvalue weighted by molar-refractivity contribution is -0.277. The summed E-state index contributed by atoms with van der Waals surface area (Å²) in [7, 11) is 0. The van der Waals surface area contributed by atoms with Crippen LogP contribution in [0.15, 0.2) is 0 Å². The molecule has 0 aromatic heterocycles. The summed E-state index contributed by atoms with van der Waals surface area (Å²) in [6.07, 6.45) is -18.4. The van der Waals surface area contributed by atoms with Crippen LogP contribution in [0.25, 0.3) is 0 Å². The molecular weight excluding hydrogens is 1860 g/mol. The molecule has 3 saturated heterocycles. The SMILES string of the molecule is CC(=O)NC1C(OCCCCC(=O)NCCCNC(=O)CCC(CCC(=O)NCCCNC(=O)CCCCOC2OC(COC(C)=O)C(OC(C)=O)C(OC(C)=O)C2NC(C)=O)(CCC(=O)NCCCNC(=O)CCCCOC2OC(COC(C)=O)C(OC(C)=O)C(OC(C)=O)C2NC(C)=O)NC(=O)CCCC(=O)Oc2c(F)c(F)c(F)c(F)c2F)OC(COC(C)=O)C(OC(C)=O)C1OC(C)=O. The highest BCUT2D eigenvalue weighted by atomic mass is 19.2. The van der Waals surface area contributed by atoms with Crippen molar-refractivity contribution in [2.45, 2.75) is 315 Å². The number of hydrogen-bond acceptors (Lipinski definition) is 36. The zero-order valence-corrected chi connectivity index (χ0v) is 79.1. The Morgan fingerprint density at radius 2 is 0.529 bits per heavy atom. The first-order chi connectivity index (χ1) is 65.2. The van der Waals surface area contributed by atoms with E-state index in [0.29, 0.717) is 0 Å². The molecule has 15 unspecified atom stereocenters. The third-order valence-electron chi connectivity index (χ3n) is 20.5. The van der Waals surface area contributed by atoms with Gasteiger partial charge in [-0.25, -0.2) is 13.2 Å². The molecule has 3 aliphatic heterocycles. The monoisotopic (exact) mass is 1980 g/mol. The highest BCUT2D eigenvalue weighted by Gasteiger charge is 2.55. The molecule has 10 N–H and O–H groups in total. The van der Waals surface area contributed by atoms with Gasteiger partial charge in [-0.1, -0.05) is 0 Å². The minimum atomic E-state index is -2.53. The Hall–Kier alpha value is -12.0. The number of amides is 10. The highest BCUT2D eigenvalue weighted by molar-refractivity contribution is 5.82. The van der Waals surface area contributed by atoms with E-state index in [-0.39, 0.29) is 155 Å². The molecule has 0 spiro atoms. The summed E-state index contributed by atoms with van der Waals surface area (Å²) in [5, 5.41) is 26.8. The maximum atomic E-state index is 14.5. The van der Waals surface area contributed by atoms with Gasteiger partial charge >= 0.3 is 59.7 Å². The van der Waals surface area contributed by atoms with Crippen molar-refractivity contribution in [3.05, 3.63) is 29.1 Å². The van der Waals surface area contributed by atoms with E-state index in [1.165, 1.54) is 20.8 Å². The van der Waals surface area contributed by atoms with Gasteiger partial charge in [0.05, 0.1) is 0 Å². The average molecular weight is 1980 g/mol. The average Bonchev–Trinajstić information content (AvgIpc) is 0.796. The van der Waals surface area contributed by atoms with Crippen molar-refractivity contribution in [1.82, 2.24) is 53.2 Å². The molecule has 776 valence electrons. The summed E-state index contributed by atoms with van der Waals surface area (Å²) in [5.74, 6) is -28.6. The van der Waals surface area contributed by atoms with Gasteiger partial charge in [-0.2, -0.15) is 8.78 Å². The summed E-state index contributed by atoms with van der Waals surface area (Å²) >= 11 is 0. The van der Waals surface area contributed by atoms with E-state index in [2.05, 4.69) is 57.9 Å². The summed E-state index contributed by atoms with van der Waals surface area (Å²) in [5.41, 5.74) is -1.67. The van der Waals surface area contributed by atoms with E-state index in [4.69, 9.17) is 71.1 Å². The van der Waals surface area contributed by atoms with Gasteiger partial charge < -0.3 is 129 Å². The van der Waals surface area contributed by atoms with E-state index in [0.717, 1.165) is 62.3 Å². The van der Waals surface area contributed by atoms with Crippen molar-refractivity contribution in [3.63, 3.8) is 0 Å². The van der Waals surface area contributed by atoms with Gasteiger partial charge in [0, 0.05) is 199 Å². The Kier molecular flexibility index (Phi) is 53.2. The minimum Gasteiger partial charge on any atom is -0.463 e. The maximum absolute atomic E-state index is 14.5. The highest BCUT2D eigenvalue weighted by Crippen LogP contribution is 2.35. The molecule has 4 rings (SSSR count). The third-order valence-corrected chi connectivity index (χ3v) is 20.5.